The summed E-state index contributed by atoms with van der Waals surface area (Å²) in [6, 6.07) is 12.5. The maximum Gasteiger partial charge on any atom is 0.347 e. The molecule has 0 aromatic heterocycles. The number of rotatable bonds is 3. The molecule has 0 fully saturated rings. The zero-order chi connectivity index (χ0) is 15.4. The van der Waals surface area contributed by atoms with E-state index in [2.05, 4.69) is 22.6 Å². The summed E-state index contributed by atoms with van der Waals surface area (Å²) in [5.74, 6) is -1.24. The van der Waals surface area contributed by atoms with E-state index in [0.29, 0.717) is 11.1 Å². The van der Waals surface area contributed by atoms with E-state index in [1.807, 2.05) is 47.7 Å². The normalized spacial score (nSPS) is 10.2. The van der Waals surface area contributed by atoms with Crippen molar-refractivity contribution in [1.82, 2.24) is 0 Å². The average molecular weight is 506 g/mol. The second-order valence-electron chi connectivity index (χ2n) is 4.32. The highest BCUT2D eigenvalue weighted by atomic mass is 127. The summed E-state index contributed by atoms with van der Waals surface area (Å²) in [6.45, 7) is 2.05. The molecule has 0 bridgehead atoms. The lowest BCUT2D eigenvalue weighted by molar-refractivity contribution is 0.0396. The minimum Gasteiger partial charge on any atom is -0.386 e. The molecule has 5 heteroatoms. The van der Waals surface area contributed by atoms with Gasteiger partial charge in [-0.15, -0.1) is 0 Å². The van der Waals surface area contributed by atoms with E-state index in [9.17, 15) is 9.59 Å². The van der Waals surface area contributed by atoms with Crippen LogP contribution in [0.1, 0.15) is 33.2 Å². The Labute approximate surface area is 150 Å². The first-order chi connectivity index (χ1) is 10.0. The molecule has 0 aliphatic heterocycles. The molecule has 108 valence electrons. The Morgan fingerprint density at radius 1 is 0.952 bits per heavy atom. The van der Waals surface area contributed by atoms with Gasteiger partial charge in [0.1, 0.15) is 0 Å². The molecule has 2 aromatic rings. The number of carbonyl (C=O) groups is 2. The maximum atomic E-state index is 12.1. The maximum absolute atomic E-state index is 12.1. The molecular weight excluding hydrogens is 494 g/mol. The van der Waals surface area contributed by atoms with Gasteiger partial charge >= 0.3 is 11.9 Å². The summed E-state index contributed by atoms with van der Waals surface area (Å²) in [4.78, 5) is 24.1. The lowest BCUT2D eigenvalue weighted by Gasteiger charge is -2.07. The van der Waals surface area contributed by atoms with Gasteiger partial charge in [0, 0.05) is 7.14 Å². The van der Waals surface area contributed by atoms with Crippen LogP contribution in [0.3, 0.4) is 0 Å². The lowest BCUT2D eigenvalue weighted by atomic mass is 10.1. The molecule has 0 aliphatic carbocycles. The van der Waals surface area contributed by atoms with Crippen molar-refractivity contribution < 1.29 is 14.3 Å². The topological polar surface area (TPSA) is 43.4 Å². The quantitative estimate of drug-likeness (QED) is 0.351. The highest BCUT2D eigenvalue weighted by molar-refractivity contribution is 14.1. The molecule has 2 rings (SSSR count). The smallest absolute Gasteiger partial charge is 0.347 e. The first-order valence-electron chi connectivity index (χ1n) is 6.32. The Morgan fingerprint density at radius 3 is 2.14 bits per heavy atom. The molecule has 0 saturated heterocycles. The number of benzene rings is 2. The van der Waals surface area contributed by atoms with Crippen LogP contribution in [0.4, 0.5) is 0 Å². The summed E-state index contributed by atoms with van der Waals surface area (Å²) < 4.78 is 6.51. The van der Waals surface area contributed by atoms with Crippen molar-refractivity contribution in [2.24, 2.45) is 0 Å². The Morgan fingerprint density at radius 2 is 1.57 bits per heavy atom. The molecular formula is C16H12I2O3. The van der Waals surface area contributed by atoms with Crippen LogP contribution in [0.25, 0.3) is 0 Å². The second-order valence-corrected chi connectivity index (χ2v) is 6.65. The van der Waals surface area contributed by atoms with Gasteiger partial charge in [0.15, 0.2) is 0 Å². The molecule has 0 radical (unpaired) electrons. The van der Waals surface area contributed by atoms with E-state index in [1.165, 1.54) is 0 Å². The number of hydrogen-bond acceptors (Lipinski definition) is 3. The largest absolute Gasteiger partial charge is 0.386 e. The van der Waals surface area contributed by atoms with Crippen molar-refractivity contribution >= 4 is 57.1 Å². The van der Waals surface area contributed by atoms with E-state index >= 15 is 0 Å². The number of esters is 2. The van der Waals surface area contributed by atoms with E-state index < -0.39 is 11.9 Å². The minimum absolute atomic E-state index is 0.395. The molecule has 0 amide bonds. The summed E-state index contributed by atoms with van der Waals surface area (Å²) >= 11 is 4.12. The Bertz CT molecular complexity index is 696. The Balaban J connectivity index is 2.19. The van der Waals surface area contributed by atoms with Crippen molar-refractivity contribution in [3.63, 3.8) is 0 Å². The summed E-state index contributed by atoms with van der Waals surface area (Å²) in [7, 11) is 0. The molecule has 0 unspecified atom stereocenters. The van der Waals surface area contributed by atoms with E-state index in [4.69, 9.17) is 4.74 Å². The van der Waals surface area contributed by atoms with Crippen LogP contribution in [0.5, 0.6) is 0 Å². The van der Waals surface area contributed by atoms with Crippen LogP contribution in [-0.2, 0) is 11.2 Å². The van der Waals surface area contributed by atoms with Crippen LogP contribution in [0.2, 0.25) is 0 Å². The van der Waals surface area contributed by atoms with E-state index in [-0.39, 0.29) is 0 Å². The van der Waals surface area contributed by atoms with Crippen LogP contribution < -0.4 is 0 Å². The number of hydrogen-bond donors (Lipinski definition) is 0. The van der Waals surface area contributed by atoms with Gasteiger partial charge in [-0.2, -0.15) is 0 Å². The third-order valence-corrected chi connectivity index (χ3v) is 4.77. The predicted octanol–water partition coefficient (Wildman–Crippen LogP) is 4.46. The number of carbonyl (C=O) groups excluding carboxylic acids is 2. The van der Waals surface area contributed by atoms with Crippen LogP contribution in [-0.4, -0.2) is 11.9 Å². The molecule has 0 saturated carbocycles. The predicted molar refractivity (Wildman–Crippen MR) is 97.4 cm³/mol. The van der Waals surface area contributed by atoms with Gasteiger partial charge in [-0.1, -0.05) is 25.1 Å². The second kappa shape index (κ2) is 7.35. The SMILES string of the molecule is CCc1ccc(C(=O)OC(=O)c2ccccc2I)c(I)c1. The third kappa shape index (κ3) is 4.03. The minimum atomic E-state index is -0.625. The fourth-order valence-corrected chi connectivity index (χ4v) is 3.17. The fourth-order valence-electron chi connectivity index (χ4n) is 1.76. The van der Waals surface area contributed by atoms with Gasteiger partial charge in [-0.25, -0.2) is 9.59 Å². The fraction of sp³-hybridized carbons (Fsp3) is 0.125. The van der Waals surface area contributed by atoms with E-state index in [0.717, 1.165) is 19.1 Å². The van der Waals surface area contributed by atoms with Gasteiger partial charge in [0.25, 0.3) is 0 Å². The van der Waals surface area contributed by atoms with Gasteiger partial charge < -0.3 is 4.74 Å². The molecule has 3 nitrogen and oxygen atoms in total. The molecule has 0 heterocycles. The van der Waals surface area contributed by atoms with Crippen LogP contribution in [0.15, 0.2) is 42.5 Å². The highest BCUT2D eigenvalue weighted by Gasteiger charge is 2.18. The molecule has 0 atom stereocenters. The highest BCUT2D eigenvalue weighted by Crippen LogP contribution is 2.18. The lowest BCUT2D eigenvalue weighted by Crippen LogP contribution is -2.15. The zero-order valence-electron chi connectivity index (χ0n) is 11.2. The van der Waals surface area contributed by atoms with E-state index in [1.54, 1.807) is 24.3 Å². The zero-order valence-corrected chi connectivity index (χ0v) is 15.5. The molecule has 2 aromatic carbocycles. The van der Waals surface area contributed by atoms with Crippen molar-refractivity contribution in [2.45, 2.75) is 13.3 Å². The summed E-state index contributed by atoms with van der Waals surface area (Å²) in [5.41, 5.74) is 1.94. The van der Waals surface area contributed by atoms with Crippen LogP contribution >= 0.6 is 45.2 Å². The number of aryl methyl sites for hydroxylation is 1. The Hall–Kier alpha value is -0.960. The first kappa shape index (κ1) is 16.4. The molecule has 21 heavy (non-hydrogen) atoms. The van der Waals surface area contributed by atoms with Gasteiger partial charge in [0.05, 0.1) is 11.1 Å². The average Bonchev–Trinajstić information content (AvgIpc) is 2.47. The molecule has 0 aliphatic rings. The molecule has 0 N–H and O–H groups in total. The first-order valence-corrected chi connectivity index (χ1v) is 8.48. The van der Waals surface area contributed by atoms with Crippen LogP contribution in [0, 0.1) is 7.14 Å². The van der Waals surface area contributed by atoms with Crippen molar-refractivity contribution in [1.29, 1.82) is 0 Å². The molecule has 0 spiro atoms. The van der Waals surface area contributed by atoms with Gasteiger partial charge in [0.2, 0.25) is 0 Å². The summed E-state index contributed by atoms with van der Waals surface area (Å²) in [6.07, 6.45) is 0.895. The standard InChI is InChI=1S/C16H12I2O3/c1-2-10-7-8-12(14(18)9-10)16(20)21-15(19)11-5-3-4-6-13(11)17/h3-9H,2H2,1H3. The van der Waals surface area contributed by atoms with Crippen molar-refractivity contribution in [3.05, 3.63) is 66.3 Å². The summed E-state index contributed by atoms with van der Waals surface area (Å²) in [5, 5.41) is 0. The van der Waals surface area contributed by atoms with Crippen molar-refractivity contribution in [3.8, 4) is 0 Å². The van der Waals surface area contributed by atoms with Gasteiger partial charge in [-0.05, 0) is 81.4 Å². The number of halogens is 2. The van der Waals surface area contributed by atoms with Gasteiger partial charge in [-0.3, -0.25) is 0 Å². The number of ether oxygens (including phenoxy) is 1. The Kier molecular flexibility index (Phi) is 5.74. The monoisotopic (exact) mass is 506 g/mol. The van der Waals surface area contributed by atoms with Crippen molar-refractivity contribution in [2.75, 3.05) is 0 Å². The third-order valence-electron chi connectivity index (χ3n) is 2.94.